The highest BCUT2D eigenvalue weighted by Crippen LogP contribution is 2.29. The first-order chi connectivity index (χ1) is 17.4. The van der Waals surface area contributed by atoms with E-state index < -0.39 is 58.7 Å². The number of sulfonamides is 1. The molecular formula is C24H25F4NO7S. The molecule has 1 heterocycles. The number of ether oxygens (including phenoxy) is 3. The van der Waals surface area contributed by atoms with Gasteiger partial charge in [0, 0.05) is 19.2 Å². The zero-order valence-electron chi connectivity index (χ0n) is 19.9. The van der Waals surface area contributed by atoms with E-state index >= 15 is 0 Å². The minimum atomic E-state index is -3.76. The van der Waals surface area contributed by atoms with Gasteiger partial charge in [0.05, 0.1) is 16.0 Å². The number of alkyl halides is 4. The van der Waals surface area contributed by atoms with Gasteiger partial charge in [-0.1, -0.05) is 13.8 Å². The molecule has 0 saturated carbocycles. The van der Waals surface area contributed by atoms with Gasteiger partial charge in [0.2, 0.25) is 15.8 Å². The highest BCUT2D eigenvalue weighted by atomic mass is 32.2. The third-order valence-electron chi connectivity index (χ3n) is 5.59. The molecular weight excluding hydrogens is 522 g/mol. The second-order valence-electron chi connectivity index (χ2n) is 8.71. The van der Waals surface area contributed by atoms with E-state index in [0.29, 0.717) is 19.2 Å². The summed E-state index contributed by atoms with van der Waals surface area (Å²) >= 11 is 0. The van der Waals surface area contributed by atoms with Gasteiger partial charge in [-0.15, -0.1) is 0 Å². The van der Waals surface area contributed by atoms with Crippen molar-refractivity contribution in [3.8, 4) is 11.5 Å². The summed E-state index contributed by atoms with van der Waals surface area (Å²) in [7, 11) is -3.76. The second-order valence-corrected chi connectivity index (χ2v) is 10.6. The SMILES string of the molecule is CC1CC(C)CN(S(=O)(=O)c2ccc(C(=O)OCC(=O)c3ccc(OC(F)F)cc3OC(F)F)cc2)C1. The van der Waals surface area contributed by atoms with Crippen molar-refractivity contribution in [2.45, 2.75) is 38.4 Å². The zero-order valence-corrected chi connectivity index (χ0v) is 20.7. The lowest BCUT2D eigenvalue weighted by Gasteiger charge is -2.34. The highest BCUT2D eigenvalue weighted by molar-refractivity contribution is 7.89. The lowest BCUT2D eigenvalue weighted by molar-refractivity contribution is -0.0545. The molecule has 202 valence electrons. The predicted molar refractivity (Wildman–Crippen MR) is 122 cm³/mol. The molecule has 1 fully saturated rings. The van der Waals surface area contributed by atoms with Crippen LogP contribution in [0.3, 0.4) is 0 Å². The van der Waals surface area contributed by atoms with Crippen molar-refractivity contribution in [3.05, 3.63) is 53.6 Å². The maximum Gasteiger partial charge on any atom is 0.387 e. The summed E-state index contributed by atoms with van der Waals surface area (Å²) in [5, 5.41) is 0. The first-order valence-corrected chi connectivity index (χ1v) is 12.6. The Hall–Kier alpha value is -3.19. The van der Waals surface area contributed by atoms with Crippen LogP contribution in [0.5, 0.6) is 11.5 Å². The molecule has 1 saturated heterocycles. The Morgan fingerprint density at radius 1 is 0.946 bits per heavy atom. The molecule has 2 aromatic carbocycles. The van der Waals surface area contributed by atoms with Crippen LogP contribution in [0.1, 0.15) is 41.0 Å². The van der Waals surface area contributed by atoms with Crippen LogP contribution in [0, 0.1) is 11.8 Å². The van der Waals surface area contributed by atoms with Crippen LogP contribution >= 0.6 is 0 Å². The van der Waals surface area contributed by atoms with Gasteiger partial charge in [0.15, 0.2) is 6.61 Å². The van der Waals surface area contributed by atoms with E-state index in [1.54, 1.807) is 0 Å². The number of Topliss-reactive ketones (excluding diaryl/α,β-unsaturated/α-hetero) is 1. The first kappa shape index (κ1) is 28.4. The minimum absolute atomic E-state index is 0.00122. The summed E-state index contributed by atoms with van der Waals surface area (Å²) in [4.78, 5) is 24.8. The van der Waals surface area contributed by atoms with Gasteiger partial charge in [-0.05, 0) is 54.7 Å². The van der Waals surface area contributed by atoms with Gasteiger partial charge >= 0.3 is 19.2 Å². The molecule has 37 heavy (non-hydrogen) atoms. The van der Waals surface area contributed by atoms with Gasteiger partial charge in [0.25, 0.3) is 0 Å². The monoisotopic (exact) mass is 547 g/mol. The third kappa shape index (κ3) is 7.41. The number of benzene rings is 2. The molecule has 8 nitrogen and oxygen atoms in total. The van der Waals surface area contributed by atoms with Crippen molar-refractivity contribution in [3.63, 3.8) is 0 Å². The molecule has 1 aliphatic heterocycles. The molecule has 0 bridgehead atoms. The number of rotatable bonds is 10. The molecule has 13 heteroatoms. The molecule has 0 spiro atoms. The summed E-state index contributed by atoms with van der Waals surface area (Å²) in [5.41, 5.74) is -0.488. The number of carbonyl (C=O) groups is 2. The van der Waals surface area contributed by atoms with Gasteiger partial charge in [-0.3, -0.25) is 4.79 Å². The summed E-state index contributed by atoms with van der Waals surface area (Å²) in [6.45, 7) is -2.72. The molecule has 2 atom stereocenters. The van der Waals surface area contributed by atoms with Crippen molar-refractivity contribution < 1.29 is 49.8 Å². The fourth-order valence-electron chi connectivity index (χ4n) is 4.11. The number of carbonyl (C=O) groups excluding carboxylic acids is 2. The van der Waals surface area contributed by atoms with Crippen LogP contribution in [-0.2, 0) is 14.8 Å². The number of esters is 1. The Morgan fingerprint density at radius 3 is 2.11 bits per heavy atom. The topological polar surface area (TPSA) is 99.2 Å². The van der Waals surface area contributed by atoms with Gasteiger partial charge < -0.3 is 14.2 Å². The third-order valence-corrected chi connectivity index (χ3v) is 7.44. The number of piperidine rings is 1. The largest absolute Gasteiger partial charge is 0.454 e. The molecule has 0 radical (unpaired) electrons. The van der Waals surface area contributed by atoms with Gasteiger partial charge in [0.1, 0.15) is 11.5 Å². The summed E-state index contributed by atoms with van der Waals surface area (Å²) < 4.78 is 90.8. The highest BCUT2D eigenvalue weighted by Gasteiger charge is 2.31. The van der Waals surface area contributed by atoms with Crippen molar-refractivity contribution in [1.82, 2.24) is 4.31 Å². The fraction of sp³-hybridized carbons (Fsp3) is 0.417. The average molecular weight is 548 g/mol. The maximum absolute atomic E-state index is 13.0. The Bertz CT molecular complexity index is 1210. The molecule has 0 aromatic heterocycles. The predicted octanol–water partition coefficient (Wildman–Crippen LogP) is 4.60. The fourth-order valence-corrected chi connectivity index (χ4v) is 5.79. The smallest absolute Gasteiger partial charge is 0.387 e. The van der Waals surface area contributed by atoms with Crippen LogP contribution < -0.4 is 9.47 Å². The van der Waals surface area contributed by atoms with Gasteiger partial charge in [-0.2, -0.15) is 21.9 Å². The molecule has 2 unspecified atom stereocenters. The lowest BCUT2D eigenvalue weighted by Crippen LogP contribution is -2.42. The van der Waals surface area contributed by atoms with Crippen molar-refractivity contribution in [2.75, 3.05) is 19.7 Å². The van der Waals surface area contributed by atoms with Crippen molar-refractivity contribution in [1.29, 1.82) is 0 Å². The average Bonchev–Trinajstić information content (AvgIpc) is 2.81. The number of hydrogen-bond acceptors (Lipinski definition) is 7. The van der Waals surface area contributed by atoms with E-state index in [4.69, 9.17) is 4.74 Å². The Kier molecular flexibility index (Phi) is 9.13. The second kappa shape index (κ2) is 11.9. The number of ketones is 1. The zero-order chi connectivity index (χ0) is 27.3. The lowest BCUT2D eigenvalue weighted by atomic mass is 9.94. The Balaban J connectivity index is 1.67. The molecule has 0 N–H and O–H groups in total. The van der Waals surface area contributed by atoms with Crippen LogP contribution in [0.15, 0.2) is 47.4 Å². The Morgan fingerprint density at radius 2 is 1.54 bits per heavy atom. The number of halogens is 4. The molecule has 2 aromatic rings. The van der Waals surface area contributed by atoms with Gasteiger partial charge in [-0.25, -0.2) is 13.2 Å². The van der Waals surface area contributed by atoms with E-state index in [1.165, 1.54) is 28.6 Å². The van der Waals surface area contributed by atoms with E-state index in [9.17, 15) is 35.6 Å². The van der Waals surface area contributed by atoms with E-state index in [1.807, 2.05) is 13.8 Å². The quantitative estimate of drug-likeness (QED) is 0.244. The van der Waals surface area contributed by atoms with Crippen LogP contribution in [0.4, 0.5) is 17.6 Å². The minimum Gasteiger partial charge on any atom is -0.454 e. The number of nitrogens with zero attached hydrogens (tertiary/aromatic N) is 1. The standard InChI is InChI=1S/C24H25F4NO7S/c1-14-9-15(2)12-29(11-14)37(32,33)18-6-3-16(4-7-18)22(31)34-13-20(30)19-8-5-17(35-23(25)26)10-21(19)36-24(27)28/h3-8,10,14-15,23-24H,9,11-13H2,1-2H3. The van der Waals surface area contributed by atoms with Crippen molar-refractivity contribution >= 4 is 21.8 Å². The van der Waals surface area contributed by atoms with E-state index in [-0.39, 0.29) is 22.3 Å². The summed E-state index contributed by atoms with van der Waals surface area (Å²) in [6, 6.07) is 7.55. The molecule has 0 amide bonds. The van der Waals surface area contributed by atoms with Crippen LogP contribution in [0.2, 0.25) is 0 Å². The normalized spacial score (nSPS) is 18.6. The van der Waals surface area contributed by atoms with E-state index in [0.717, 1.165) is 18.6 Å². The Labute approximate surface area is 211 Å². The van der Waals surface area contributed by atoms with Crippen molar-refractivity contribution in [2.24, 2.45) is 11.8 Å². The first-order valence-electron chi connectivity index (χ1n) is 11.2. The van der Waals surface area contributed by atoms with Crippen LogP contribution in [-0.4, -0.2) is 57.4 Å². The molecule has 1 aliphatic rings. The van der Waals surface area contributed by atoms with E-state index in [2.05, 4.69) is 9.47 Å². The molecule has 0 aliphatic carbocycles. The summed E-state index contributed by atoms with van der Waals surface area (Å²) in [5.74, 6) is -2.73. The number of hydrogen-bond donors (Lipinski definition) is 0. The maximum atomic E-state index is 13.0. The van der Waals surface area contributed by atoms with Crippen LogP contribution in [0.25, 0.3) is 0 Å². The summed E-state index contributed by atoms with van der Waals surface area (Å²) in [6.07, 6.45) is 0.929. The molecule has 3 rings (SSSR count).